The molecule has 0 aromatic heterocycles. The van der Waals surface area contributed by atoms with Crippen LogP contribution in [0, 0.1) is 0 Å². The summed E-state index contributed by atoms with van der Waals surface area (Å²) in [4.78, 5) is 22.0. The summed E-state index contributed by atoms with van der Waals surface area (Å²) in [6.07, 6.45) is 0.191. The summed E-state index contributed by atoms with van der Waals surface area (Å²) in [5.41, 5.74) is -0.113. The van der Waals surface area contributed by atoms with Crippen molar-refractivity contribution in [3.8, 4) is 0 Å². The second-order valence-electron chi connectivity index (χ2n) is 2.41. The van der Waals surface area contributed by atoms with E-state index in [4.69, 9.17) is 0 Å². The van der Waals surface area contributed by atoms with Gasteiger partial charge in [0.2, 0.25) is 0 Å². The summed E-state index contributed by atoms with van der Waals surface area (Å²) in [5, 5.41) is 10.8. The zero-order valence-electron chi connectivity index (χ0n) is 8.16. The first kappa shape index (κ1) is 13.5. The van der Waals surface area contributed by atoms with Crippen LogP contribution >= 0.6 is 0 Å². The maximum absolute atomic E-state index is 11.1. The Balaban J connectivity index is 0.00000169. The van der Waals surface area contributed by atoms with Gasteiger partial charge in [-0.15, -0.1) is 0 Å². The van der Waals surface area contributed by atoms with Gasteiger partial charge in [0, 0.05) is 5.57 Å². The molecule has 1 heterocycles. The van der Waals surface area contributed by atoms with Gasteiger partial charge in [-0.2, -0.15) is 0 Å². The number of esters is 1. The van der Waals surface area contributed by atoms with E-state index in [0.29, 0.717) is 0 Å². The Bertz CT molecular complexity index is 271. The second kappa shape index (κ2) is 6.06. The number of ketones is 1. The Kier molecular flexibility index (Phi) is 5.83. The Hall–Kier alpha value is -0.520. The first-order chi connectivity index (χ1) is 6.16. The SMILES string of the molecule is CCOC(=O)C(=O)C1=C([O-])OCC1.[Na+]. The van der Waals surface area contributed by atoms with Crippen LogP contribution in [0.25, 0.3) is 0 Å². The van der Waals surface area contributed by atoms with Crippen LogP contribution in [0.3, 0.4) is 0 Å². The number of carbonyl (C=O) groups excluding carboxylic acids is 2. The van der Waals surface area contributed by atoms with Crippen LogP contribution < -0.4 is 34.7 Å². The van der Waals surface area contributed by atoms with Gasteiger partial charge >= 0.3 is 35.5 Å². The Morgan fingerprint density at radius 1 is 1.57 bits per heavy atom. The Labute approximate surface area is 103 Å². The summed E-state index contributed by atoms with van der Waals surface area (Å²) >= 11 is 0. The van der Waals surface area contributed by atoms with Crippen LogP contribution in [-0.2, 0) is 19.1 Å². The number of rotatable bonds is 3. The number of ether oxygens (including phenoxy) is 2. The van der Waals surface area contributed by atoms with Gasteiger partial charge in [-0.05, 0) is 20.0 Å². The zero-order chi connectivity index (χ0) is 9.84. The van der Waals surface area contributed by atoms with Crippen molar-refractivity contribution in [3.63, 3.8) is 0 Å². The molecule has 0 aromatic rings. The predicted molar refractivity (Wildman–Crippen MR) is 39.2 cm³/mol. The normalized spacial score (nSPS) is 14.4. The molecular weight excluding hydrogens is 199 g/mol. The summed E-state index contributed by atoms with van der Waals surface area (Å²) in [5.74, 6) is -2.58. The molecule has 0 amide bonds. The minimum atomic E-state index is -0.989. The van der Waals surface area contributed by atoms with Gasteiger partial charge in [0.15, 0.2) is 0 Å². The van der Waals surface area contributed by atoms with Crippen molar-refractivity contribution in [2.24, 2.45) is 0 Å². The zero-order valence-corrected chi connectivity index (χ0v) is 10.2. The summed E-state index contributed by atoms with van der Waals surface area (Å²) < 4.78 is 8.96. The van der Waals surface area contributed by atoms with Crippen LogP contribution in [0.2, 0.25) is 0 Å². The number of Topliss-reactive ketones (excluding diaryl/α,β-unsaturated/α-hetero) is 1. The molecule has 1 rings (SSSR count). The van der Waals surface area contributed by atoms with Gasteiger partial charge in [0.05, 0.1) is 12.6 Å². The molecule has 72 valence electrons. The molecule has 0 radical (unpaired) electrons. The fourth-order valence-corrected chi connectivity index (χ4v) is 0.961. The van der Waals surface area contributed by atoms with E-state index in [0.717, 1.165) is 0 Å². The smallest absolute Gasteiger partial charge is 0.613 e. The fraction of sp³-hybridized carbons (Fsp3) is 0.500. The van der Waals surface area contributed by atoms with Gasteiger partial charge in [-0.1, -0.05) is 0 Å². The third-order valence-corrected chi connectivity index (χ3v) is 1.57. The van der Waals surface area contributed by atoms with E-state index >= 15 is 0 Å². The van der Waals surface area contributed by atoms with E-state index < -0.39 is 17.7 Å². The Morgan fingerprint density at radius 2 is 2.21 bits per heavy atom. The van der Waals surface area contributed by atoms with Crippen molar-refractivity contribution in [2.45, 2.75) is 13.3 Å². The van der Waals surface area contributed by atoms with Crippen LogP contribution in [0.4, 0.5) is 0 Å². The first-order valence-electron chi connectivity index (χ1n) is 3.91. The minimum absolute atomic E-state index is 0. The fourth-order valence-electron chi connectivity index (χ4n) is 0.961. The van der Waals surface area contributed by atoms with E-state index in [1.54, 1.807) is 6.92 Å². The van der Waals surface area contributed by atoms with E-state index in [2.05, 4.69) is 9.47 Å². The van der Waals surface area contributed by atoms with Crippen LogP contribution in [0.5, 0.6) is 0 Å². The molecule has 1 aliphatic rings. The molecule has 1 aliphatic heterocycles. The number of hydrogen-bond donors (Lipinski definition) is 0. The summed E-state index contributed by atoms with van der Waals surface area (Å²) in [7, 11) is 0. The molecule has 5 nitrogen and oxygen atoms in total. The average Bonchev–Trinajstić information content (AvgIpc) is 2.50. The second-order valence-corrected chi connectivity index (χ2v) is 2.41. The molecule has 0 bridgehead atoms. The minimum Gasteiger partial charge on any atom is -0.613 e. The van der Waals surface area contributed by atoms with Crippen molar-refractivity contribution in [1.82, 2.24) is 0 Å². The van der Waals surface area contributed by atoms with Crippen molar-refractivity contribution in [1.29, 1.82) is 0 Å². The van der Waals surface area contributed by atoms with Crippen LogP contribution in [-0.4, -0.2) is 25.0 Å². The van der Waals surface area contributed by atoms with Gasteiger partial charge in [0.25, 0.3) is 5.78 Å². The summed E-state index contributed by atoms with van der Waals surface area (Å²) in [6, 6.07) is 0. The third-order valence-electron chi connectivity index (χ3n) is 1.57. The third kappa shape index (κ3) is 3.01. The van der Waals surface area contributed by atoms with E-state index in [1.807, 2.05) is 0 Å². The predicted octanol–water partition coefficient (Wildman–Crippen LogP) is -3.89. The molecule has 0 N–H and O–H groups in total. The molecule has 0 saturated heterocycles. The molecule has 0 spiro atoms. The molecule has 0 fully saturated rings. The number of hydrogen-bond acceptors (Lipinski definition) is 5. The van der Waals surface area contributed by atoms with Gasteiger partial charge < -0.3 is 14.6 Å². The topological polar surface area (TPSA) is 75.7 Å². The number of carbonyl (C=O) groups is 2. The largest absolute Gasteiger partial charge is 1.00 e. The molecule has 0 atom stereocenters. The average molecular weight is 208 g/mol. The maximum Gasteiger partial charge on any atom is 1.00 e. The van der Waals surface area contributed by atoms with Crippen LogP contribution in [0.1, 0.15) is 13.3 Å². The van der Waals surface area contributed by atoms with E-state index in [9.17, 15) is 14.7 Å². The molecule has 0 aromatic carbocycles. The van der Waals surface area contributed by atoms with Crippen molar-refractivity contribution in [3.05, 3.63) is 11.5 Å². The Morgan fingerprint density at radius 3 is 2.64 bits per heavy atom. The van der Waals surface area contributed by atoms with Crippen molar-refractivity contribution >= 4 is 11.8 Å². The van der Waals surface area contributed by atoms with Gasteiger partial charge in [-0.3, -0.25) is 4.79 Å². The molecular formula is C8H9NaO5. The van der Waals surface area contributed by atoms with Crippen molar-refractivity contribution < 1.29 is 53.7 Å². The molecule has 14 heavy (non-hydrogen) atoms. The standard InChI is InChI=1S/C8H10O5.Na/c1-2-12-8(11)6(9)5-3-4-13-7(5)10;/h10H,2-4H2,1H3;/q;+1/p-1. The van der Waals surface area contributed by atoms with Crippen LogP contribution in [0.15, 0.2) is 11.5 Å². The molecule has 0 unspecified atom stereocenters. The van der Waals surface area contributed by atoms with Gasteiger partial charge in [-0.25, -0.2) is 4.79 Å². The van der Waals surface area contributed by atoms with E-state index in [-0.39, 0.29) is 54.8 Å². The molecule has 0 saturated carbocycles. The first-order valence-corrected chi connectivity index (χ1v) is 3.91. The maximum atomic E-state index is 11.1. The van der Waals surface area contributed by atoms with E-state index in [1.165, 1.54) is 0 Å². The van der Waals surface area contributed by atoms with Crippen molar-refractivity contribution in [2.75, 3.05) is 13.2 Å². The molecule has 6 heteroatoms. The quantitative estimate of drug-likeness (QED) is 0.269. The van der Waals surface area contributed by atoms with Gasteiger partial charge in [0.1, 0.15) is 0 Å². The summed E-state index contributed by atoms with van der Waals surface area (Å²) in [6.45, 7) is 1.87. The monoisotopic (exact) mass is 208 g/mol. The molecule has 0 aliphatic carbocycles.